The summed E-state index contributed by atoms with van der Waals surface area (Å²) in [6.07, 6.45) is 87.1. The first kappa shape index (κ1) is 73.3. The third kappa shape index (κ3) is 63.0. The molecule has 0 fully saturated rings. The van der Waals surface area contributed by atoms with Crippen LogP contribution in [-0.2, 0) is 28.6 Å². The van der Waals surface area contributed by atoms with Crippen molar-refractivity contribution in [1.29, 1.82) is 0 Å². The van der Waals surface area contributed by atoms with Crippen molar-refractivity contribution in [2.24, 2.45) is 0 Å². The lowest BCUT2D eigenvalue weighted by molar-refractivity contribution is -0.167. The normalized spacial score (nSPS) is 12.7. The van der Waals surface area contributed by atoms with Crippen molar-refractivity contribution < 1.29 is 28.6 Å². The highest BCUT2D eigenvalue weighted by Crippen LogP contribution is 2.16. The molecule has 0 N–H and O–H groups in total. The van der Waals surface area contributed by atoms with Gasteiger partial charge in [-0.25, -0.2) is 0 Å². The first-order valence-corrected chi connectivity index (χ1v) is 32.7. The molecular formula is C71H122O6. The Morgan fingerprint density at radius 1 is 0.273 bits per heavy atom. The summed E-state index contributed by atoms with van der Waals surface area (Å²) in [5.41, 5.74) is 0. The predicted molar refractivity (Wildman–Crippen MR) is 334 cm³/mol. The third-order valence-electron chi connectivity index (χ3n) is 14.1. The second kappa shape index (κ2) is 64.9. The van der Waals surface area contributed by atoms with E-state index >= 15 is 0 Å². The fraction of sp³-hybridized carbons (Fsp3) is 0.732. The van der Waals surface area contributed by atoms with Crippen LogP contribution in [-0.4, -0.2) is 37.2 Å². The van der Waals surface area contributed by atoms with Gasteiger partial charge >= 0.3 is 17.9 Å². The molecule has 0 bridgehead atoms. The molecule has 1 atom stereocenters. The Kier molecular flexibility index (Phi) is 61.8. The highest BCUT2D eigenvalue weighted by molar-refractivity contribution is 5.71. The van der Waals surface area contributed by atoms with E-state index in [-0.39, 0.29) is 31.1 Å². The van der Waals surface area contributed by atoms with E-state index in [1.807, 2.05) is 0 Å². The van der Waals surface area contributed by atoms with Crippen molar-refractivity contribution in [2.45, 2.75) is 322 Å². The maximum atomic E-state index is 12.9. The van der Waals surface area contributed by atoms with Gasteiger partial charge in [-0.2, -0.15) is 0 Å². The molecule has 442 valence electrons. The molecule has 0 radical (unpaired) electrons. The number of carbonyl (C=O) groups is 3. The summed E-state index contributed by atoms with van der Waals surface area (Å²) in [7, 11) is 0. The smallest absolute Gasteiger partial charge is 0.306 e. The van der Waals surface area contributed by atoms with Crippen LogP contribution >= 0.6 is 0 Å². The van der Waals surface area contributed by atoms with Crippen LogP contribution in [0.5, 0.6) is 0 Å². The Morgan fingerprint density at radius 2 is 0.506 bits per heavy atom. The van der Waals surface area contributed by atoms with E-state index in [9.17, 15) is 14.4 Å². The monoisotopic (exact) mass is 1070 g/mol. The van der Waals surface area contributed by atoms with E-state index in [1.165, 1.54) is 148 Å². The number of hydrogen-bond acceptors (Lipinski definition) is 6. The van der Waals surface area contributed by atoms with Gasteiger partial charge in [0.25, 0.3) is 0 Å². The molecule has 6 nitrogen and oxygen atoms in total. The number of esters is 3. The molecular weight excluding hydrogens is 949 g/mol. The van der Waals surface area contributed by atoms with Crippen LogP contribution in [0.4, 0.5) is 0 Å². The van der Waals surface area contributed by atoms with E-state index in [1.54, 1.807) is 0 Å². The van der Waals surface area contributed by atoms with Crippen LogP contribution in [0.3, 0.4) is 0 Å². The van der Waals surface area contributed by atoms with E-state index in [0.717, 1.165) is 128 Å². The predicted octanol–water partition coefficient (Wildman–Crippen LogP) is 22.4. The van der Waals surface area contributed by atoms with E-state index in [0.29, 0.717) is 19.3 Å². The highest BCUT2D eigenvalue weighted by atomic mass is 16.6. The van der Waals surface area contributed by atoms with Crippen molar-refractivity contribution in [3.05, 3.63) is 97.2 Å². The molecule has 0 heterocycles. The lowest BCUT2D eigenvalue weighted by Crippen LogP contribution is -2.30. The Balaban J connectivity index is 4.30. The lowest BCUT2D eigenvalue weighted by Gasteiger charge is -2.18. The number of hydrogen-bond donors (Lipinski definition) is 0. The average Bonchev–Trinajstić information content (AvgIpc) is 3.43. The maximum Gasteiger partial charge on any atom is 0.306 e. The minimum absolute atomic E-state index is 0.0862. The van der Waals surface area contributed by atoms with Crippen molar-refractivity contribution >= 4 is 17.9 Å². The van der Waals surface area contributed by atoms with Crippen molar-refractivity contribution in [1.82, 2.24) is 0 Å². The van der Waals surface area contributed by atoms with Crippen molar-refractivity contribution in [2.75, 3.05) is 13.2 Å². The van der Waals surface area contributed by atoms with Gasteiger partial charge in [-0.15, -0.1) is 0 Å². The average molecular weight is 1070 g/mol. The summed E-state index contributed by atoms with van der Waals surface area (Å²) in [5, 5.41) is 0. The molecule has 0 aromatic heterocycles. The summed E-state index contributed by atoms with van der Waals surface area (Å²) >= 11 is 0. The molecule has 0 aromatic carbocycles. The molecule has 0 aliphatic rings. The third-order valence-corrected chi connectivity index (χ3v) is 14.1. The van der Waals surface area contributed by atoms with E-state index < -0.39 is 6.10 Å². The van der Waals surface area contributed by atoms with Gasteiger partial charge in [0, 0.05) is 19.3 Å². The van der Waals surface area contributed by atoms with Gasteiger partial charge in [0.2, 0.25) is 0 Å². The molecule has 0 amide bonds. The zero-order valence-electron chi connectivity index (χ0n) is 50.7. The quantitative estimate of drug-likeness (QED) is 0.0261. The molecule has 0 aliphatic carbocycles. The Hall–Kier alpha value is -3.67. The summed E-state index contributed by atoms with van der Waals surface area (Å²) in [4.78, 5) is 38.3. The molecule has 0 saturated carbocycles. The largest absolute Gasteiger partial charge is 0.462 e. The number of allylic oxidation sites excluding steroid dienone is 16. The van der Waals surface area contributed by atoms with Gasteiger partial charge in [0.15, 0.2) is 6.10 Å². The van der Waals surface area contributed by atoms with Crippen LogP contribution in [0.15, 0.2) is 97.2 Å². The molecule has 0 aromatic rings. The minimum Gasteiger partial charge on any atom is -0.462 e. The lowest BCUT2D eigenvalue weighted by atomic mass is 10.0. The number of unbranched alkanes of at least 4 members (excludes halogenated alkanes) is 32. The molecule has 0 spiro atoms. The molecule has 0 rings (SSSR count). The van der Waals surface area contributed by atoms with Crippen LogP contribution in [0.2, 0.25) is 0 Å². The molecule has 6 heteroatoms. The second-order valence-electron chi connectivity index (χ2n) is 21.6. The van der Waals surface area contributed by atoms with Crippen molar-refractivity contribution in [3.8, 4) is 0 Å². The molecule has 77 heavy (non-hydrogen) atoms. The Labute approximate surface area is 477 Å². The number of rotatable bonds is 59. The van der Waals surface area contributed by atoms with Gasteiger partial charge in [-0.3, -0.25) is 14.4 Å². The zero-order valence-corrected chi connectivity index (χ0v) is 50.7. The molecule has 0 aliphatic heterocycles. The van der Waals surface area contributed by atoms with Gasteiger partial charge in [0.1, 0.15) is 13.2 Å². The van der Waals surface area contributed by atoms with Gasteiger partial charge in [-0.05, 0) is 116 Å². The zero-order chi connectivity index (χ0) is 55.7. The highest BCUT2D eigenvalue weighted by Gasteiger charge is 2.19. The van der Waals surface area contributed by atoms with E-state index in [4.69, 9.17) is 14.2 Å². The standard InChI is InChI=1S/C71H122O6/c1-4-7-10-13-16-19-22-25-28-30-31-32-33-34-35-36-37-38-39-41-43-46-49-52-55-58-61-64-70(73)76-67-68(66-75-69(72)63-60-57-54-51-48-45-42-27-24-21-18-15-12-9-6-3)77-71(74)65-62-59-56-53-50-47-44-40-29-26-23-20-17-14-11-8-5-2/h8-9,11-12,17-18,20-22,25-27,29-31,42,68H,4-7,10,13-16,19,23-24,28,32-41,43-67H2,1-3H3/b11-8-,12-9-,20-17-,21-18-,25-22-,29-26-,31-30-,42-27-. The van der Waals surface area contributed by atoms with Crippen molar-refractivity contribution in [3.63, 3.8) is 0 Å². The first-order valence-electron chi connectivity index (χ1n) is 32.7. The Morgan fingerprint density at radius 3 is 0.792 bits per heavy atom. The second-order valence-corrected chi connectivity index (χ2v) is 21.6. The van der Waals surface area contributed by atoms with Gasteiger partial charge in [0.05, 0.1) is 0 Å². The fourth-order valence-corrected chi connectivity index (χ4v) is 9.21. The fourth-order valence-electron chi connectivity index (χ4n) is 9.21. The van der Waals surface area contributed by atoms with E-state index in [2.05, 4.69) is 118 Å². The number of ether oxygens (including phenoxy) is 3. The summed E-state index contributed by atoms with van der Waals surface area (Å²) in [6, 6.07) is 0. The molecule has 0 saturated heterocycles. The van der Waals surface area contributed by atoms with Crippen LogP contribution in [0, 0.1) is 0 Å². The summed E-state index contributed by atoms with van der Waals surface area (Å²) < 4.78 is 16.9. The summed E-state index contributed by atoms with van der Waals surface area (Å²) in [5.74, 6) is -0.904. The van der Waals surface area contributed by atoms with Gasteiger partial charge < -0.3 is 14.2 Å². The molecule has 1 unspecified atom stereocenters. The SMILES string of the molecule is CC/C=C\C/C=C\C/C=C\CCCCCCCCCC(=O)OC(COC(=O)CCCCCCC/C=C\C/C=C\C/C=C\CC)COC(=O)CCCCCCCCCCCCCCCCC/C=C\C/C=C\CCCCCCC. The van der Waals surface area contributed by atoms with Crippen LogP contribution in [0.25, 0.3) is 0 Å². The Bertz CT molecular complexity index is 1510. The minimum atomic E-state index is -0.792. The maximum absolute atomic E-state index is 12.9. The topological polar surface area (TPSA) is 78.9 Å². The van der Waals surface area contributed by atoms with Crippen LogP contribution < -0.4 is 0 Å². The van der Waals surface area contributed by atoms with Crippen LogP contribution in [0.1, 0.15) is 316 Å². The summed E-state index contributed by atoms with van der Waals surface area (Å²) in [6.45, 7) is 6.41. The van der Waals surface area contributed by atoms with Gasteiger partial charge in [-0.1, -0.05) is 279 Å². The number of carbonyl (C=O) groups excluding carboxylic acids is 3. The first-order chi connectivity index (χ1) is 38.0.